The minimum atomic E-state index is -2.16. The van der Waals surface area contributed by atoms with E-state index in [0.29, 0.717) is 64.5 Å². The van der Waals surface area contributed by atoms with Gasteiger partial charge in [-0.3, -0.25) is 14.6 Å². The van der Waals surface area contributed by atoms with E-state index in [0.717, 1.165) is 58.6 Å². The molecule has 1 aromatic heterocycles. The van der Waals surface area contributed by atoms with Crippen molar-refractivity contribution in [3.05, 3.63) is 138 Å². The first-order valence-corrected chi connectivity index (χ1v) is 25.4. The average Bonchev–Trinajstić information content (AvgIpc) is 3.27. The number of aromatic nitrogens is 1. The van der Waals surface area contributed by atoms with Gasteiger partial charge in [-0.25, -0.2) is 0 Å². The Hall–Kier alpha value is -5.23. The Morgan fingerprint density at radius 2 is 1.52 bits per heavy atom. The van der Waals surface area contributed by atoms with Gasteiger partial charge in [0.05, 0.1) is 25.9 Å². The first kappa shape index (κ1) is 48.8. The van der Waals surface area contributed by atoms with Crippen LogP contribution in [-0.2, 0) is 28.5 Å². The Morgan fingerprint density at radius 1 is 0.794 bits per heavy atom. The lowest BCUT2D eigenvalue weighted by molar-refractivity contribution is -0.244. The maximum atomic E-state index is 11.9. The van der Waals surface area contributed by atoms with Gasteiger partial charge in [-0.1, -0.05) is 87.5 Å². The van der Waals surface area contributed by atoms with Crippen LogP contribution < -0.4 is 13.9 Å². The van der Waals surface area contributed by atoms with E-state index in [9.17, 15) is 9.59 Å². The van der Waals surface area contributed by atoms with E-state index in [-0.39, 0.29) is 29.0 Å². The number of unbranched alkanes of at least 4 members (excludes halogenated alkanes) is 2. The summed E-state index contributed by atoms with van der Waals surface area (Å²) in [6.07, 6.45) is 13.7. The van der Waals surface area contributed by atoms with E-state index in [4.69, 9.17) is 32.8 Å². The molecule has 1 aliphatic rings. The number of hydrogen-bond acceptors (Lipinski definition) is 10. The van der Waals surface area contributed by atoms with Crippen LogP contribution in [-0.4, -0.2) is 58.3 Å². The van der Waals surface area contributed by atoms with Gasteiger partial charge >= 0.3 is 11.9 Å². The lowest BCUT2D eigenvalue weighted by Gasteiger charge is -2.40. The highest BCUT2D eigenvalue weighted by molar-refractivity contribution is 6.74. The van der Waals surface area contributed by atoms with Crippen LogP contribution in [0.25, 0.3) is 5.57 Å². The quantitative estimate of drug-likeness (QED) is 0.0309. The van der Waals surface area contributed by atoms with E-state index >= 15 is 0 Å². The molecule has 10 nitrogen and oxygen atoms in total. The summed E-state index contributed by atoms with van der Waals surface area (Å²) in [5, 5.41) is 0.0219. The van der Waals surface area contributed by atoms with Gasteiger partial charge in [0.2, 0.25) is 8.32 Å². The Kier molecular flexibility index (Phi) is 19.0. The fourth-order valence-electron chi connectivity index (χ4n) is 6.95. The van der Waals surface area contributed by atoms with Crippen LogP contribution in [0, 0.1) is 5.92 Å². The van der Waals surface area contributed by atoms with Gasteiger partial charge < -0.3 is 32.8 Å². The summed E-state index contributed by atoms with van der Waals surface area (Å²) in [5.74, 6) is 1.96. The van der Waals surface area contributed by atoms with Gasteiger partial charge in [-0.15, -0.1) is 0 Å². The lowest BCUT2D eigenvalue weighted by atomic mass is 9.91. The zero-order chi connectivity index (χ0) is 45.1. The van der Waals surface area contributed by atoms with Crippen molar-refractivity contribution in [1.29, 1.82) is 0 Å². The molecule has 4 aromatic rings. The molecule has 0 radical (unpaired) electrons. The molecule has 0 spiro atoms. The summed E-state index contributed by atoms with van der Waals surface area (Å²) >= 11 is 0. The maximum absolute atomic E-state index is 11.9. The molecule has 5 rings (SSSR count). The van der Waals surface area contributed by atoms with E-state index in [1.807, 2.05) is 80.7 Å². The first-order chi connectivity index (χ1) is 30.4. The van der Waals surface area contributed by atoms with E-state index < -0.39 is 14.6 Å². The molecular weight excluding hydrogens is 811 g/mol. The second-order valence-corrected chi connectivity index (χ2v) is 21.9. The minimum Gasteiger partial charge on any atom is -0.543 e. The van der Waals surface area contributed by atoms with Gasteiger partial charge in [0.1, 0.15) is 30.5 Å². The molecule has 1 fully saturated rings. The summed E-state index contributed by atoms with van der Waals surface area (Å²) in [4.78, 5) is 28.0. The first-order valence-electron chi connectivity index (χ1n) is 22.5. The zero-order valence-electron chi connectivity index (χ0n) is 38.3. The standard InChI is InChI=1S/C52H67NO9Si/c1-8-56-48(54)27-14-10-12-20-42-38-60-51(61-50(42)46-25-16-17-26-47(46)62-63(6,7)52(3,4)5)40-21-18-23-44(36-40)59-35-34-58-43-31-29-39(30-32-43)45(41-22-19-33-53-37-41)24-13-11-15-28-49(55)57-9-2/h10,12,16-19,21-26,29-33,36-37,42,50-51H,8-9,11,13-15,20,27-28,34-35,38H2,1-7H3/b12-10-,45-24+/t42-,50+,51+/m1/s1. The second-order valence-electron chi connectivity index (χ2n) is 17.1. The number of carbonyl (C=O) groups is 2. The largest absolute Gasteiger partial charge is 0.543 e. The molecule has 338 valence electrons. The molecule has 0 N–H and O–H groups in total. The van der Waals surface area contributed by atoms with Crippen molar-refractivity contribution < 1.29 is 42.4 Å². The summed E-state index contributed by atoms with van der Waals surface area (Å²) < 4.78 is 42.6. The van der Waals surface area contributed by atoms with Crippen LogP contribution in [0.15, 0.2) is 116 Å². The molecular formula is C52H67NO9Si. The zero-order valence-corrected chi connectivity index (χ0v) is 39.3. The number of para-hydroxylation sites is 1. The van der Waals surface area contributed by atoms with Crippen LogP contribution in [0.3, 0.4) is 0 Å². The predicted octanol–water partition coefficient (Wildman–Crippen LogP) is 12.2. The van der Waals surface area contributed by atoms with Gasteiger partial charge in [0.15, 0.2) is 6.29 Å². The summed E-state index contributed by atoms with van der Waals surface area (Å²) in [5.41, 5.74) is 5.04. The molecule has 63 heavy (non-hydrogen) atoms. The highest BCUT2D eigenvalue weighted by Crippen LogP contribution is 2.45. The number of allylic oxidation sites excluding steroid dienone is 3. The van der Waals surface area contributed by atoms with Crippen LogP contribution in [0.1, 0.15) is 114 Å². The number of carbonyl (C=O) groups excluding carboxylic acids is 2. The summed E-state index contributed by atoms with van der Waals surface area (Å²) in [6.45, 7) is 16.9. The molecule has 11 heteroatoms. The smallest absolute Gasteiger partial charge is 0.306 e. The Balaban J connectivity index is 1.21. The Bertz CT molecular complexity index is 2080. The van der Waals surface area contributed by atoms with Gasteiger partial charge in [-0.05, 0) is 112 Å². The van der Waals surface area contributed by atoms with Gasteiger partial charge in [-0.2, -0.15) is 0 Å². The number of esters is 2. The van der Waals surface area contributed by atoms with Gasteiger partial charge in [0.25, 0.3) is 0 Å². The monoisotopic (exact) mass is 877 g/mol. The number of rotatable bonds is 23. The highest BCUT2D eigenvalue weighted by Gasteiger charge is 2.41. The molecule has 0 amide bonds. The molecule has 1 saturated heterocycles. The third-order valence-corrected chi connectivity index (χ3v) is 15.7. The summed E-state index contributed by atoms with van der Waals surface area (Å²) in [6, 6.07) is 28.1. The Morgan fingerprint density at radius 3 is 2.24 bits per heavy atom. The fraction of sp³-hybridized carbons (Fsp3) is 0.442. The minimum absolute atomic E-state index is 0.0157. The van der Waals surface area contributed by atoms with Crippen molar-refractivity contribution in [2.24, 2.45) is 5.92 Å². The molecule has 3 aromatic carbocycles. The predicted molar refractivity (Wildman–Crippen MR) is 250 cm³/mol. The van der Waals surface area contributed by atoms with Crippen molar-refractivity contribution >= 4 is 25.8 Å². The van der Waals surface area contributed by atoms with Gasteiger partial charge in [0, 0.05) is 47.8 Å². The van der Waals surface area contributed by atoms with Crippen molar-refractivity contribution in [2.45, 2.75) is 110 Å². The number of hydrogen-bond donors (Lipinski definition) is 0. The molecule has 0 saturated carbocycles. The van der Waals surface area contributed by atoms with E-state index in [2.05, 4.69) is 81.3 Å². The third-order valence-electron chi connectivity index (χ3n) is 11.4. The second kappa shape index (κ2) is 24.6. The van der Waals surface area contributed by atoms with Crippen LogP contribution in [0.2, 0.25) is 18.1 Å². The average molecular weight is 878 g/mol. The topological polar surface area (TPSA) is 112 Å². The van der Waals surface area contributed by atoms with Crippen molar-refractivity contribution in [1.82, 2.24) is 4.98 Å². The maximum Gasteiger partial charge on any atom is 0.306 e. The molecule has 0 unspecified atom stereocenters. The van der Waals surface area contributed by atoms with Crippen LogP contribution in [0.4, 0.5) is 0 Å². The molecule has 0 aliphatic carbocycles. The molecule has 3 atom stereocenters. The number of ether oxygens (including phenoxy) is 6. The van der Waals surface area contributed by atoms with E-state index in [1.165, 1.54) is 0 Å². The van der Waals surface area contributed by atoms with Crippen molar-refractivity contribution in [3.63, 3.8) is 0 Å². The number of nitrogens with zero attached hydrogens (tertiary/aromatic N) is 1. The lowest BCUT2D eigenvalue weighted by Crippen LogP contribution is -2.44. The van der Waals surface area contributed by atoms with E-state index in [1.54, 1.807) is 6.20 Å². The van der Waals surface area contributed by atoms with Crippen LogP contribution >= 0.6 is 0 Å². The normalized spacial score (nSPS) is 17.0. The molecule has 1 aliphatic heterocycles. The van der Waals surface area contributed by atoms with Crippen LogP contribution in [0.5, 0.6) is 17.2 Å². The number of benzene rings is 3. The third kappa shape index (κ3) is 15.2. The molecule has 0 bridgehead atoms. The molecule has 2 heterocycles. The number of pyridine rings is 1. The Labute approximate surface area is 376 Å². The highest BCUT2D eigenvalue weighted by atomic mass is 28.4. The van der Waals surface area contributed by atoms with Crippen molar-refractivity contribution in [3.8, 4) is 17.2 Å². The summed E-state index contributed by atoms with van der Waals surface area (Å²) in [7, 11) is -2.16. The fourth-order valence-corrected chi connectivity index (χ4v) is 8.00. The van der Waals surface area contributed by atoms with Crippen molar-refractivity contribution in [2.75, 3.05) is 33.0 Å². The SMILES string of the molecule is CCOC(=O)CC/C=C\C[C@@H]1CO[C@H](c2cccc(OCCOc3ccc(/C(=C\CCCCC(=O)OCC)c4cccnc4)cc3)c2)O[C@@H]1c1ccccc1O[Si](C)(C)C(C)(C)C.